The molecule has 126 valence electrons. The number of carbonyl (C=O) groups excluding carboxylic acids is 3. The fourth-order valence-electron chi connectivity index (χ4n) is 3.33. The second-order valence-corrected chi connectivity index (χ2v) is 6.29. The van der Waals surface area contributed by atoms with Gasteiger partial charge in [0.25, 0.3) is 5.91 Å². The average Bonchev–Trinajstić information content (AvgIpc) is 3.05. The van der Waals surface area contributed by atoms with Crippen molar-refractivity contribution < 1.29 is 14.4 Å². The summed E-state index contributed by atoms with van der Waals surface area (Å²) in [5.74, 6) is -0.505. The molecule has 3 heterocycles. The third-order valence-electron chi connectivity index (χ3n) is 4.88. The number of rotatable bonds is 3. The molecule has 2 fully saturated rings. The van der Waals surface area contributed by atoms with Gasteiger partial charge in [-0.15, -0.1) is 0 Å². The molecule has 0 aliphatic carbocycles. The molecule has 1 spiro atoms. The zero-order valence-electron chi connectivity index (χ0n) is 13.6. The van der Waals surface area contributed by atoms with E-state index in [4.69, 9.17) is 0 Å². The number of nitrogens with zero attached hydrogens (tertiary/aromatic N) is 3. The first-order valence-corrected chi connectivity index (χ1v) is 7.94. The number of piperidine rings is 1. The van der Waals surface area contributed by atoms with Crippen LogP contribution in [0.4, 0.5) is 0 Å². The highest BCUT2D eigenvalue weighted by Gasteiger charge is 2.48. The molecule has 0 aromatic carbocycles. The van der Waals surface area contributed by atoms with Crippen LogP contribution in [0.5, 0.6) is 0 Å². The molecule has 0 bridgehead atoms. The van der Waals surface area contributed by atoms with Gasteiger partial charge in [0.2, 0.25) is 11.8 Å². The lowest BCUT2D eigenvalue weighted by atomic mass is 9.77. The SMILES string of the molecule is C=C/C=C\n1ncc(C(=O)N2CCC3(CC2)CC(=O)NC3=O)c1C. The lowest BCUT2D eigenvalue weighted by Crippen LogP contribution is -2.46. The van der Waals surface area contributed by atoms with Gasteiger partial charge in [0, 0.05) is 25.7 Å². The Kier molecular flexibility index (Phi) is 4.09. The van der Waals surface area contributed by atoms with E-state index in [1.807, 2.05) is 6.92 Å². The van der Waals surface area contributed by atoms with Crippen LogP contribution >= 0.6 is 0 Å². The Labute approximate surface area is 140 Å². The van der Waals surface area contributed by atoms with E-state index in [9.17, 15) is 14.4 Å². The number of aromatic nitrogens is 2. The van der Waals surface area contributed by atoms with Crippen molar-refractivity contribution in [3.8, 4) is 0 Å². The molecule has 2 aliphatic heterocycles. The maximum Gasteiger partial charge on any atom is 0.257 e. The first-order chi connectivity index (χ1) is 11.5. The number of nitrogens with one attached hydrogen (secondary N) is 1. The maximum absolute atomic E-state index is 12.7. The van der Waals surface area contributed by atoms with Gasteiger partial charge in [0.15, 0.2) is 0 Å². The number of hydrogen-bond acceptors (Lipinski definition) is 4. The predicted molar refractivity (Wildman–Crippen MR) is 87.8 cm³/mol. The van der Waals surface area contributed by atoms with E-state index in [0.717, 1.165) is 5.69 Å². The molecule has 1 aromatic heterocycles. The van der Waals surface area contributed by atoms with Crippen LogP contribution in [0.25, 0.3) is 6.20 Å². The molecule has 1 aromatic rings. The Morgan fingerprint density at radius 3 is 2.67 bits per heavy atom. The van der Waals surface area contributed by atoms with Gasteiger partial charge >= 0.3 is 0 Å². The highest BCUT2D eigenvalue weighted by molar-refractivity contribution is 6.06. The minimum atomic E-state index is -0.625. The van der Waals surface area contributed by atoms with Gasteiger partial charge in [-0.25, -0.2) is 4.68 Å². The van der Waals surface area contributed by atoms with Crippen molar-refractivity contribution in [1.29, 1.82) is 0 Å². The molecule has 3 rings (SSSR count). The van der Waals surface area contributed by atoms with E-state index in [-0.39, 0.29) is 24.1 Å². The average molecular weight is 328 g/mol. The van der Waals surface area contributed by atoms with Crippen LogP contribution in [0.2, 0.25) is 0 Å². The van der Waals surface area contributed by atoms with Gasteiger partial charge in [-0.2, -0.15) is 5.10 Å². The van der Waals surface area contributed by atoms with Crippen molar-refractivity contribution in [3.63, 3.8) is 0 Å². The smallest absolute Gasteiger partial charge is 0.257 e. The number of allylic oxidation sites excluding steroid dienone is 2. The fraction of sp³-hybridized carbons (Fsp3) is 0.412. The molecule has 0 atom stereocenters. The summed E-state index contributed by atoms with van der Waals surface area (Å²) in [6.45, 7) is 6.37. The summed E-state index contributed by atoms with van der Waals surface area (Å²) in [6.07, 6.45) is 7.94. The molecule has 24 heavy (non-hydrogen) atoms. The standard InChI is InChI=1S/C17H20N4O3/c1-3-4-7-21-12(2)13(11-18-21)15(23)20-8-5-17(6-9-20)10-14(22)19-16(17)24/h3-4,7,11H,1,5-6,8-10H2,2H3,(H,19,22,24)/b7-4-. The third-order valence-corrected chi connectivity index (χ3v) is 4.88. The van der Waals surface area contributed by atoms with Crippen molar-refractivity contribution >= 4 is 23.9 Å². The minimum absolute atomic E-state index is 0.0923. The second-order valence-electron chi connectivity index (χ2n) is 6.29. The first-order valence-electron chi connectivity index (χ1n) is 7.94. The summed E-state index contributed by atoms with van der Waals surface area (Å²) in [6, 6.07) is 0. The predicted octanol–water partition coefficient (Wildman–Crippen LogP) is 1.12. The van der Waals surface area contributed by atoms with Gasteiger partial charge < -0.3 is 4.90 Å². The van der Waals surface area contributed by atoms with Gasteiger partial charge in [-0.1, -0.05) is 12.7 Å². The summed E-state index contributed by atoms with van der Waals surface area (Å²) in [7, 11) is 0. The van der Waals surface area contributed by atoms with Crippen molar-refractivity contribution in [3.05, 3.63) is 36.2 Å². The highest BCUT2D eigenvalue weighted by Crippen LogP contribution is 2.38. The Bertz CT molecular complexity index is 739. The van der Waals surface area contributed by atoms with Crippen LogP contribution < -0.4 is 5.32 Å². The van der Waals surface area contributed by atoms with E-state index in [1.165, 1.54) is 0 Å². The molecule has 0 unspecified atom stereocenters. The van der Waals surface area contributed by atoms with E-state index in [1.54, 1.807) is 34.1 Å². The Morgan fingerprint density at radius 2 is 2.08 bits per heavy atom. The molecule has 7 nitrogen and oxygen atoms in total. The molecule has 2 saturated heterocycles. The molecule has 3 amide bonds. The van der Waals surface area contributed by atoms with Crippen LogP contribution in [0.3, 0.4) is 0 Å². The lowest BCUT2D eigenvalue weighted by Gasteiger charge is -2.36. The maximum atomic E-state index is 12.7. The molecule has 7 heteroatoms. The summed E-state index contributed by atoms with van der Waals surface area (Å²) >= 11 is 0. The van der Waals surface area contributed by atoms with Gasteiger partial charge in [-0.3, -0.25) is 19.7 Å². The largest absolute Gasteiger partial charge is 0.338 e. The highest BCUT2D eigenvalue weighted by atomic mass is 16.2. The van der Waals surface area contributed by atoms with E-state index >= 15 is 0 Å². The van der Waals surface area contributed by atoms with Gasteiger partial charge in [-0.05, 0) is 25.8 Å². The quantitative estimate of drug-likeness (QED) is 0.665. The van der Waals surface area contributed by atoms with Crippen molar-refractivity contribution in [2.75, 3.05) is 13.1 Å². The molecule has 0 saturated carbocycles. The van der Waals surface area contributed by atoms with Crippen LogP contribution in [-0.2, 0) is 9.59 Å². The number of imide groups is 1. The van der Waals surface area contributed by atoms with Crippen molar-refractivity contribution in [2.45, 2.75) is 26.2 Å². The fourth-order valence-corrected chi connectivity index (χ4v) is 3.33. The molecular weight excluding hydrogens is 308 g/mol. The van der Waals surface area contributed by atoms with Crippen LogP contribution in [0.15, 0.2) is 24.9 Å². The van der Waals surface area contributed by atoms with Crippen LogP contribution in [0.1, 0.15) is 35.3 Å². The Balaban J connectivity index is 1.71. The molecule has 2 aliphatic rings. The number of carbonyl (C=O) groups is 3. The van der Waals surface area contributed by atoms with Crippen molar-refractivity contribution in [1.82, 2.24) is 20.0 Å². The van der Waals surface area contributed by atoms with Gasteiger partial charge in [0.1, 0.15) is 0 Å². The zero-order valence-corrected chi connectivity index (χ0v) is 13.6. The summed E-state index contributed by atoms with van der Waals surface area (Å²) in [5.41, 5.74) is 0.679. The van der Waals surface area contributed by atoms with Gasteiger partial charge in [0.05, 0.1) is 22.9 Å². The lowest BCUT2D eigenvalue weighted by molar-refractivity contribution is -0.130. The molecule has 1 N–H and O–H groups in total. The Hall–Kier alpha value is -2.70. The first kappa shape index (κ1) is 16.2. The van der Waals surface area contributed by atoms with Crippen LogP contribution in [0, 0.1) is 12.3 Å². The number of hydrogen-bond donors (Lipinski definition) is 1. The van der Waals surface area contributed by atoms with E-state index in [2.05, 4.69) is 17.0 Å². The number of amides is 3. The van der Waals surface area contributed by atoms with E-state index < -0.39 is 5.41 Å². The second kappa shape index (κ2) is 6.07. The molecule has 0 radical (unpaired) electrons. The summed E-state index contributed by atoms with van der Waals surface area (Å²) < 4.78 is 1.63. The third kappa shape index (κ3) is 2.66. The topological polar surface area (TPSA) is 84.3 Å². The normalized spacial score (nSPS) is 20.0. The van der Waals surface area contributed by atoms with Crippen LogP contribution in [-0.4, -0.2) is 45.5 Å². The number of likely N-dealkylation sites (tertiary alicyclic amines) is 1. The monoisotopic (exact) mass is 328 g/mol. The zero-order chi connectivity index (χ0) is 17.3. The summed E-state index contributed by atoms with van der Waals surface area (Å²) in [4.78, 5) is 37.9. The minimum Gasteiger partial charge on any atom is -0.338 e. The Morgan fingerprint density at radius 1 is 1.38 bits per heavy atom. The summed E-state index contributed by atoms with van der Waals surface area (Å²) in [5, 5.41) is 6.56. The van der Waals surface area contributed by atoms with E-state index in [0.29, 0.717) is 31.5 Å². The molecular formula is C17H20N4O3. The van der Waals surface area contributed by atoms with Crippen molar-refractivity contribution in [2.24, 2.45) is 5.41 Å².